The van der Waals surface area contributed by atoms with E-state index in [1.54, 1.807) is 7.11 Å². The Labute approximate surface area is 152 Å². The number of rotatable bonds is 4. The van der Waals surface area contributed by atoms with Gasteiger partial charge in [0.05, 0.1) is 18.5 Å². The second-order valence-corrected chi connectivity index (χ2v) is 6.63. The number of nitrogens with zero attached hydrogens (tertiary/aromatic N) is 3. The first-order valence-corrected chi connectivity index (χ1v) is 8.90. The van der Waals surface area contributed by atoms with E-state index in [1.165, 1.54) is 11.8 Å². The van der Waals surface area contributed by atoms with E-state index in [0.717, 1.165) is 37.3 Å². The van der Waals surface area contributed by atoms with E-state index >= 15 is 0 Å². The lowest BCUT2D eigenvalue weighted by atomic mass is 10.1. The molecule has 0 unspecified atom stereocenters. The summed E-state index contributed by atoms with van der Waals surface area (Å²) in [6.45, 7) is 3.17. The Morgan fingerprint density at radius 3 is 2.69 bits per heavy atom. The van der Waals surface area contributed by atoms with E-state index in [0.29, 0.717) is 17.9 Å². The van der Waals surface area contributed by atoms with E-state index < -0.39 is 0 Å². The number of methoxy groups -OCH3 is 1. The largest absolute Gasteiger partial charge is 0.497 e. The maximum absolute atomic E-state index is 14.3. The average Bonchev–Trinajstić information content (AvgIpc) is 2.97. The molecule has 26 heavy (non-hydrogen) atoms. The van der Waals surface area contributed by atoms with Crippen LogP contribution < -0.4 is 4.74 Å². The third kappa shape index (κ3) is 3.48. The van der Waals surface area contributed by atoms with Crippen molar-refractivity contribution in [2.24, 2.45) is 0 Å². The number of benzene rings is 2. The fourth-order valence-corrected chi connectivity index (χ4v) is 3.44. The Morgan fingerprint density at radius 1 is 1.08 bits per heavy atom. The molecule has 0 radical (unpaired) electrons. The topological polar surface area (TPSA) is 30.3 Å². The zero-order valence-corrected chi connectivity index (χ0v) is 14.9. The first-order chi connectivity index (χ1) is 12.7. The molecule has 0 aliphatic carbocycles. The van der Waals surface area contributed by atoms with Crippen molar-refractivity contribution in [2.45, 2.75) is 26.1 Å². The van der Waals surface area contributed by atoms with Crippen LogP contribution in [0.4, 0.5) is 4.39 Å². The Kier molecular flexibility index (Phi) is 4.71. The lowest BCUT2D eigenvalue weighted by Gasteiger charge is -2.20. The molecule has 3 aromatic rings. The van der Waals surface area contributed by atoms with Crippen LogP contribution in [0.1, 0.15) is 17.7 Å². The maximum Gasteiger partial charge on any atom is 0.131 e. The number of halogens is 1. The van der Waals surface area contributed by atoms with E-state index in [4.69, 9.17) is 9.84 Å². The lowest BCUT2D eigenvalue weighted by Crippen LogP contribution is -2.23. The highest BCUT2D eigenvalue weighted by Crippen LogP contribution is 2.24. The summed E-state index contributed by atoms with van der Waals surface area (Å²) in [4.78, 5) is 2.28. The smallest absolute Gasteiger partial charge is 0.131 e. The lowest BCUT2D eigenvalue weighted by molar-refractivity contribution is 0.257. The van der Waals surface area contributed by atoms with Gasteiger partial charge in [-0.15, -0.1) is 0 Å². The standard InChI is InChI=1S/C21H22FN3O/c1-26-19-9-8-17(20(22)13-19)14-24-10-5-11-25-18(15-24)12-21(23-25)16-6-3-2-4-7-16/h2-4,6-9,12-13H,5,10-11,14-15H2,1H3. The summed E-state index contributed by atoms with van der Waals surface area (Å²) in [5.41, 5.74) is 4.00. The summed E-state index contributed by atoms with van der Waals surface area (Å²) in [6, 6.07) is 17.4. The number of ether oxygens (including phenoxy) is 1. The Bertz CT molecular complexity index is 892. The molecule has 2 aromatic carbocycles. The van der Waals surface area contributed by atoms with Crippen LogP contribution in [-0.2, 0) is 19.6 Å². The van der Waals surface area contributed by atoms with Crippen molar-refractivity contribution in [1.29, 1.82) is 0 Å². The van der Waals surface area contributed by atoms with Crippen LogP contribution in [0.2, 0.25) is 0 Å². The van der Waals surface area contributed by atoms with Crippen LogP contribution in [0.5, 0.6) is 5.75 Å². The fourth-order valence-electron chi connectivity index (χ4n) is 3.44. The van der Waals surface area contributed by atoms with Crippen molar-refractivity contribution in [3.05, 3.63) is 71.7 Å². The van der Waals surface area contributed by atoms with Gasteiger partial charge in [-0.25, -0.2) is 4.39 Å². The van der Waals surface area contributed by atoms with Crippen molar-refractivity contribution in [3.8, 4) is 17.0 Å². The van der Waals surface area contributed by atoms with Gasteiger partial charge in [-0.3, -0.25) is 9.58 Å². The first kappa shape index (κ1) is 16.8. The molecule has 134 valence electrons. The van der Waals surface area contributed by atoms with Gasteiger partial charge in [0, 0.05) is 43.4 Å². The van der Waals surface area contributed by atoms with Crippen molar-refractivity contribution in [2.75, 3.05) is 13.7 Å². The Hall–Kier alpha value is -2.66. The number of hydrogen-bond donors (Lipinski definition) is 0. The van der Waals surface area contributed by atoms with Gasteiger partial charge in [-0.05, 0) is 18.6 Å². The molecule has 1 aliphatic rings. The van der Waals surface area contributed by atoms with Crippen molar-refractivity contribution in [3.63, 3.8) is 0 Å². The molecule has 0 fully saturated rings. The summed E-state index contributed by atoms with van der Waals surface area (Å²) in [7, 11) is 1.55. The van der Waals surface area contributed by atoms with Gasteiger partial charge in [0.15, 0.2) is 0 Å². The van der Waals surface area contributed by atoms with E-state index in [1.807, 2.05) is 30.3 Å². The monoisotopic (exact) mass is 351 g/mol. The molecular weight excluding hydrogens is 329 g/mol. The molecule has 0 N–H and O–H groups in total. The third-order valence-electron chi connectivity index (χ3n) is 4.82. The molecule has 0 bridgehead atoms. The predicted molar refractivity (Wildman–Crippen MR) is 99.3 cm³/mol. The van der Waals surface area contributed by atoms with Crippen LogP contribution >= 0.6 is 0 Å². The molecule has 0 saturated heterocycles. The first-order valence-electron chi connectivity index (χ1n) is 8.90. The molecule has 2 heterocycles. The maximum atomic E-state index is 14.3. The molecule has 4 nitrogen and oxygen atoms in total. The van der Waals surface area contributed by atoms with Gasteiger partial charge in [0.2, 0.25) is 0 Å². The minimum atomic E-state index is -0.216. The second-order valence-electron chi connectivity index (χ2n) is 6.63. The molecule has 0 spiro atoms. The van der Waals surface area contributed by atoms with Gasteiger partial charge in [0.1, 0.15) is 11.6 Å². The Morgan fingerprint density at radius 2 is 1.92 bits per heavy atom. The molecular formula is C21H22FN3O. The summed E-state index contributed by atoms with van der Waals surface area (Å²) in [6.07, 6.45) is 1.00. The quantitative estimate of drug-likeness (QED) is 0.709. The summed E-state index contributed by atoms with van der Waals surface area (Å²) >= 11 is 0. The minimum absolute atomic E-state index is 0.216. The number of fused-ring (bicyclic) bond motifs is 1. The molecule has 4 rings (SSSR count). The molecule has 1 aromatic heterocycles. The highest BCUT2D eigenvalue weighted by atomic mass is 19.1. The van der Waals surface area contributed by atoms with E-state index in [2.05, 4.69) is 27.8 Å². The molecule has 1 aliphatic heterocycles. The molecule has 5 heteroatoms. The predicted octanol–water partition coefficient (Wildman–Crippen LogP) is 4.10. The highest BCUT2D eigenvalue weighted by molar-refractivity contribution is 5.59. The molecule has 0 amide bonds. The van der Waals surface area contributed by atoms with Gasteiger partial charge in [0.25, 0.3) is 0 Å². The van der Waals surface area contributed by atoms with Crippen LogP contribution in [-0.4, -0.2) is 28.3 Å². The SMILES string of the molecule is COc1ccc(CN2CCCn3nc(-c4ccccc4)cc3C2)c(F)c1. The average molecular weight is 351 g/mol. The van der Waals surface area contributed by atoms with Crippen LogP contribution in [0, 0.1) is 5.82 Å². The van der Waals surface area contributed by atoms with E-state index in [9.17, 15) is 4.39 Å². The van der Waals surface area contributed by atoms with Crippen LogP contribution in [0.25, 0.3) is 11.3 Å². The van der Waals surface area contributed by atoms with Crippen LogP contribution in [0.15, 0.2) is 54.6 Å². The van der Waals surface area contributed by atoms with Crippen molar-refractivity contribution >= 4 is 0 Å². The molecule has 0 saturated carbocycles. The fraction of sp³-hybridized carbons (Fsp3) is 0.286. The summed E-state index contributed by atoms with van der Waals surface area (Å²) < 4.78 is 21.5. The van der Waals surface area contributed by atoms with Crippen molar-refractivity contribution in [1.82, 2.24) is 14.7 Å². The number of aryl methyl sites for hydroxylation is 1. The van der Waals surface area contributed by atoms with Gasteiger partial charge in [-0.2, -0.15) is 5.10 Å². The number of aromatic nitrogens is 2. The minimum Gasteiger partial charge on any atom is -0.497 e. The highest BCUT2D eigenvalue weighted by Gasteiger charge is 2.18. The normalized spacial score (nSPS) is 14.7. The number of hydrogen-bond acceptors (Lipinski definition) is 3. The summed E-state index contributed by atoms with van der Waals surface area (Å²) in [5.74, 6) is 0.333. The Balaban J connectivity index is 1.54. The molecule has 0 atom stereocenters. The zero-order chi connectivity index (χ0) is 17.9. The van der Waals surface area contributed by atoms with E-state index in [-0.39, 0.29) is 5.82 Å². The second kappa shape index (κ2) is 7.30. The van der Waals surface area contributed by atoms with Crippen molar-refractivity contribution < 1.29 is 9.13 Å². The van der Waals surface area contributed by atoms with Gasteiger partial charge >= 0.3 is 0 Å². The zero-order valence-electron chi connectivity index (χ0n) is 14.9. The van der Waals surface area contributed by atoms with Gasteiger partial charge < -0.3 is 4.74 Å². The van der Waals surface area contributed by atoms with Gasteiger partial charge in [-0.1, -0.05) is 36.4 Å². The summed E-state index contributed by atoms with van der Waals surface area (Å²) in [5, 5.41) is 4.76. The van der Waals surface area contributed by atoms with Crippen LogP contribution in [0.3, 0.4) is 0 Å². The third-order valence-corrected chi connectivity index (χ3v) is 4.82.